The maximum absolute atomic E-state index is 12.7. The first-order chi connectivity index (χ1) is 11.7. The van der Waals surface area contributed by atoms with Gasteiger partial charge in [-0.3, -0.25) is 9.69 Å². The predicted octanol–water partition coefficient (Wildman–Crippen LogP) is 0.890. The van der Waals surface area contributed by atoms with E-state index in [0.717, 1.165) is 18.8 Å². The van der Waals surface area contributed by atoms with Gasteiger partial charge in [-0.1, -0.05) is 12.1 Å². The lowest BCUT2D eigenvalue weighted by atomic mass is 9.88. The Balaban J connectivity index is 1.38. The molecular weight excluding hydrogens is 310 g/mol. The van der Waals surface area contributed by atoms with E-state index in [1.807, 2.05) is 24.3 Å². The summed E-state index contributed by atoms with van der Waals surface area (Å²) in [5, 5.41) is 6.12. The number of urea groups is 1. The van der Waals surface area contributed by atoms with Crippen LogP contribution in [0.3, 0.4) is 0 Å². The fraction of sp³-hybridized carbons (Fsp3) is 0.529. The number of carbonyl (C=O) groups is 2. The molecule has 0 radical (unpaired) electrons. The number of ether oxygens (including phenoxy) is 2. The van der Waals surface area contributed by atoms with E-state index in [4.69, 9.17) is 9.47 Å². The minimum Gasteiger partial charge on any atom is -0.486 e. The molecular formula is C17H21N3O4. The highest BCUT2D eigenvalue weighted by Crippen LogP contribution is 2.32. The molecule has 3 amide bonds. The average Bonchev–Trinajstić information content (AvgIpc) is 2.83. The van der Waals surface area contributed by atoms with Crippen molar-refractivity contribution >= 4 is 11.9 Å². The molecule has 0 unspecified atom stereocenters. The van der Waals surface area contributed by atoms with Gasteiger partial charge >= 0.3 is 6.03 Å². The molecule has 7 nitrogen and oxygen atoms in total. The zero-order chi connectivity index (χ0) is 16.6. The molecule has 2 fully saturated rings. The quantitative estimate of drug-likeness (QED) is 0.804. The van der Waals surface area contributed by atoms with Crippen LogP contribution in [0.25, 0.3) is 0 Å². The van der Waals surface area contributed by atoms with Gasteiger partial charge in [-0.15, -0.1) is 0 Å². The molecule has 1 aromatic rings. The van der Waals surface area contributed by atoms with E-state index in [1.165, 1.54) is 4.90 Å². The highest BCUT2D eigenvalue weighted by Gasteiger charge is 2.51. The minimum absolute atomic E-state index is 0.105. The Hall–Kier alpha value is -2.28. The van der Waals surface area contributed by atoms with E-state index < -0.39 is 5.54 Å². The molecule has 0 aliphatic carbocycles. The van der Waals surface area contributed by atoms with Gasteiger partial charge in [0.1, 0.15) is 18.2 Å². The third-order valence-electron chi connectivity index (χ3n) is 4.95. The summed E-state index contributed by atoms with van der Waals surface area (Å²) < 4.78 is 11.6. The minimum atomic E-state index is -0.709. The predicted molar refractivity (Wildman–Crippen MR) is 86.0 cm³/mol. The Bertz CT molecular complexity index is 657. The Morgan fingerprint density at radius 2 is 1.92 bits per heavy atom. The van der Waals surface area contributed by atoms with Crippen LogP contribution in [-0.2, 0) is 4.79 Å². The van der Waals surface area contributed by atoms with Crippen molar-refractivity contribution in [2.45, 2.75) is 30.9 Å². The van der Waals surface area contributed by atoms with Crippen LogP contribution in [0.15, 0.2) is 24.3 Å². The summed E-state index contributed by atoms with van der Waals surface area (Å²) in [5.41, 5.74) is -0.709. The second-order valence-electron chi connectivity index (χ2n) is 6.51. The maximum Gasteiger partial charge on any atom is 0.325 e. The molecule has 3 heterocycles. The summed E-state index contributed by atoms with van der Waals surface area (Å²) in [6, 6.07) is 7.22. The zero-order valence-corrected chi connectivity index (χ0v) is 13.4. The first-order valence-electron chi connectivity index (χ1n) is 8.41. The lowest BCUT2D eigenvalue weighted by Gasteiger charge is -2.31. The summed E-state index contributed by atoms with van der Waals surface area (Å²) in [4.78, 5) is 26.3. The SMILES string of the molecule is O=C1NC2(CCNCC2)C(=O)N1CC[C@@H]1COc2ccccc2O1. The van der Waals surface area contributed by atoms with Crippen molar-refractivity contribution in [3.63, 3.8) is 0 Å². The Morgan fingerprint density at radius 1 is 1.17 bits per heavy atom. The average molecular weight is 331 g/mol. The highest BCUT2D eigenvalue weighted by atomic mass is 16.6. The van der Waals surface area contributed by atoms with Crippen molar-refractivity contribution in [1.82, 2.24) is 15.5 Å². The van der Waals surface area contributed by atoms with Crippen LogP contribution in [-0.4, -0.2) is 54.7 Å². The molecule has 0 bridgehead atoms. The molecule has 1 spiro atoms. The summed E-state index contributed by atoms with van der Waals surface area (Å²) in [6.07, 6.45) is 1.68. The summed E-state index contributed by atoms with van der Waals surface area (Å²) in [6.45, 7) is 2.26. The van der Waals surface area contributed by atoms with E-state index in [1.54, 1.807) is 0 Å². The molecule has 128 valence electrons. The number of hydrogen-bond donors (Lipinski definition) is 2. The van der Waals surface area contributed by atoms with Crippen molar-refractivity contribution in [1.29, 1.82) is 0 Å². The summed E-state index contributed by atoms with van der Waals surface area (Å²) >= 11 is 0. The van der Waals surface area contributed by atoms with Gasteiger partial charge in [-0.25, -0.2) is 4.79 Å². The summed E-state index contributed by atoms with van der Waals surface area (Å²) in [5.74, 6) is 1.34. The fourth-order valence-electron chi connectivity index (χ4n) is 3.55. The van der Waals surface area contributed by atoms with Gasteiger partial charge in [0.15, 0.2) is 11.5 Å². The number of nitrogens with zero attached hydrogens (tertiary/aromatic N) is 1. The smallest absolute Gasteiger partial charge is 0.325 e. The molecule has 2 N–H and O–H groups in total. The highest BCUT2D eigenvalue weighted by molar-refractivity contribution is 6.07. The standard InChI is InChI=1S/C17H21N3O4/c21-15-17(6-8-18-9-7-17)19-16(22)20(15)10-5-12-11-23-13-3-1-2-4-14(13)24-12/h1-4,12,18H,5-11H2,(H,19,22)/t12-/m1/s1. The van der Waals surface area contributed by atoms with Crippen molar-refractivity contribution in [3.8, 4) is 11.5 Å². The topological polar surface area (TPSA) is 79.9 Å². The number of hydrogen-bond acceptors (Lipinski definition) is 5. The van der Waals surface area contributed by atoms with Crippen molar-refractivity contribution in [2.24, 2.45) is 0 Å². The number of para-hydroxylation sites is 2. The third-order valence-corrected chi connectivity index (χ3v) is 4.95. The number of amides is 3. The van der Waals surface area contributed by atoms with Gasteiger partial charge in [0.2, 0.25) is 0 Å². The van der Waals surface area contributed by atoms with E-state index in [2.05, 4.69) is 10.6 Å². The number of carbonyl (C=O) groups excluding carboxylic acids is 2. The van der Waals surface area contributed by atoms with Crippen molar-refractivity contribution in [3.05, 3.63) is 24.3 Å². The number of fused-ring (bicyclic) bond motifs is 1. The third kappa shape index (κ3) is 2.58. The molecule has 24 heavy (non-hydrogen) atoms. The number of benzene rings is 1. The molecule has 7 heteroatoms. The lowest BCUT2D eigenvalue weighted by molar-refractivity contribution is -0.132. The second kappa shape index (κ2) is 5.98. The Morgan fingerprint density at radius 3 is 2.71 bits per heavy atom. The van der Waals surface area contributed by atoms with Gasteiger partial charge in [0.25, 0.3) is 5.91 Å². The van der Waals surface area contributed by atoms with Crippen LogP contribution >= 0.6 is 0 Å². The van der Waals surface area contributed by atoms with Crippen LogP contribution in [0.2, 0.25) is 0 Å². The molecule has 3 aliphatic heterocycles. The molecule has 1 atom stereocenters. The van der Waals surface area contributed by atoms with Crippen LogP contribution < -0.4 is 20.1 Å². The normalized spacial score (nSPS) is 25.0. The van der Waals surface area contributed by atoms with E-state index in [-0.39, 0.29) is 18.0 Å². The monoisotopic (exact) mass is 331 g/mol. The first-order valence-corrected chi connectivity index (χ1v) is 8.41. The van der Waals surface area contributed by atoms with Crippen LogP contribution in [0.4, 0.5) is 4.79 Å². The fourth-order valence-corrected chi connectivity index (χ4v) is 3.55. The molecule has 0 saturated carbocycles. The molecule has 2 saturated heterocycles. The second-order valence-corrected chi connectivity index (χ2v) is 6.51. The molecule has 4 rings (SSSR count). The van der Waals surface area contributed by atoms with Crippen LogP contribution in [0, 0.1) is 0 Å². The summed E-state index contributed by atoms with van der Waals surface area (Å²) in [7, 11) is 0. The van der Waals surface area contributed by atoms with E-state index in [0.29, 0.717) is 38.2 Å². The lowest BCUT2D eigenvalue weighted by Crippen LogP contribution is -2.54. The van der Waals surface area contributed by atoms with E-state index >= 15 is 0 Å². The Labute approximate surface area is 140 Å². The number of rotatable bonds is 3. The van der Waals surface area contributed by atoms with Gasteiger partial charge in [0, 0.05) is 13.0 Å². The first kappa shape index (κ1) is 15.3. The van der Waals surface area contributed by atoms with Crippen LogP contribution in [0.5, 0.6) is 11.5 Å². The van der Waals surface area contributed by atoms with Gasteiger partial charge in [0.05, 0.1) is 0 Å². The molecule has 0 aromatic heterocycles. The molecule has 3 aliphatic rings. The van der Waals surface area contributed by atoms with Gasteiger partial charge < -0.3 is 20.1 Å². The number of imide groups is 1. The maximum atomic E-state index is 12.7. The van der Waals surface area contributed by atoms with Gasteiger partial charge in [-0.05, 0) is 38.1 Å². The zero-order valence-electron chi connectivity index (χ0n) is 13.4. The van der Waals surface area contributed by atoms with Crippen LogP contribution in [0.1, 0.15) is 19.3 Å². The van der Waals surface area contributed by atoms with E-state index in [9.17, 15) is 9.59 Å². The van der Waals surface area contributed by atoms with Crippen molar-refractivity contribution < 1.29 is 19.1 Å². The molecule has 1 aromatic carbocycles. The largest absolute Gasteiger partial charge is 0.486 e. The Kier molecular flexibility index (Phi) is 3.80. The number of piperidine rings is 1. The number of nitrogens with one attached hydrogen (secondary N) is 2. The van der Waals surface area contributed by atoms with Crippen molar-refractivity contribution in [2.75, 3.05) is 26.2 Å². The van der Waals surface area contributed by atoms with Gasteiger partial charge in [-0.2, -0.15) is 0 Å².